The minimum absolute atomic E-state index is 0.255. The lowest BCUT2D eigenvalue weighted by Gasteiger charge is -2.46. The molecule has 0 saturated heterocycles. The predicted molar refractivity (Wildman–Crippen MR) is 54.4 cm³/mol. The first-order chi connectivity index (χ1) is 6.63. The maximum atomic E-state index is 10.2. The van der Waals surface area contributed by atoms with Crippen molar-refractivity contribution in [2.75, 3.05) is 0 Å². The first-order valence-corrected chi connectivity index (χ1v) is 5.75. The number of nitriles is 1. The van der Waals surface area contributed by atoms with Gasteiger partial charge >= 0.3 is 0 Å². The Kier molecular flexibility index (Phi) is 2.53. The molecule has 2 fully saturated rings. The van der Waals surface area contributed by atoms with E-state index in [-0.39, 0.29) is 5.92 Å². The summed E-state index contributed by atoms with van der Waals surface area (Å²) in [6.45, 7) is 1.98. The van der Waals surface area contributed by atoms with Gasteiger partial charge in [-0.2, -0.15) is 5.26 Å². The van der Waals surface area contributed by atoms with Crippen LogP contribution in [0.2, 0.25) is 0 Å². The average molecular weight is 193 g/mol. The van der Waals surface area contributed by atoms with Crippen molar-refractivity contribution in [2.45, 2.75) is 51.0 Å². The summed E-state index contributed by atoms with van der Waals surface area (Å²) in [5.74, 6) is 1.32. The highest BCUT2D eigenvalue weighted by atomic mass is 16.3. The smallest absolute Gasteiger partial charge is 0.0655 e. The Bertz CT molecular complexity index is 254. The molecule has 0 radical (unpaired) electrons. The van der Waals surface area contributed by atoms with E-state index in [1.165, 1.54) is 6.42 Å². The molecule has 0 aromatic heterocycles. The molecule has 2 aliphatic carbocycles. The van der Waals surface area contributed by atoms with E-state index in [2.05, 4.69) is 6.07 Å². The second-order valence-electron chi connectivity index (χ2n) is 5.26. The van der Waals surface area contributed by atoms with Gasteiger partial charge in [0.05, 0.1) is 11.7 Å². The lowest BCUT2D eigenvalue weighted by molar-refractivity contribution is -0.0781. The first-order valence-electron chi connectivity index (χ1n) is 5.75. The third kappa shape index (κ3) is 1.66. The molecule has 2 nitrogen and oxygen atoms in total. The van der Waals surface area contributed by atoms with E-state index >= 15 is 0 Å². The zero-order valence-electron chi connectivity index (χ0n) is 8.87. The van der Waals surface area contributed by atoms with Crippen molar-refractivity contribution in [3.05, 3.63) is 0 Å². The van der Waals surface area contributed by atoms with E-state index in [0.717, 1.165) is 32.1 Å². The Hall–Kier alpha value is -0.550. The standard InChI is InChI=1S/C12H19NO/c1-12(14)6-2-3-10-7-9(8-13)4-5-11(10)12/h9-11,14H,2-7H2,1H3. The Morgan fingerprint density at radius 1 is 1.36 bits per heavy atom. The molecular formula is C12H19NO. The number of rotatable bonds is 0. The highest BCUT2D eigenvalue weighted by Crippen LogP contribution is 2.47. The van der Waals surface area contributed by atoms with Crippen LogP contribution in [0.1, 0.15) is 45.4 Å². The minimum Gasteiger partial charge on any atom is -0.390 e. The van der Waals surface area contributed by atoms with Gasteiger partial charge in [-0.3, -0.25) is 0 Å². The van der Waals surface area contributed by atoms with Crippen molar-refractivity contribution >= 4 is 0 Å². The van der Waals surface area contributed by atoms with Gasteiger partial charge in [0.25, 0.3) is 0 Å². The second-order valence-corrected chi connectivity index (χ2v) is 5.26. The van der Waals surface area contributed by atoms with Gasteiger partial charge in [0, 0.05) is 5.92 Å². The van der Waals surface area contributed by atoms with Gasteiger partial charge in [-0.05, 0) is 50.9 Å². The maximum Gasteiger partial charge on any atom is 0.0655 e. The van der Waals surface area contributed by atoms with Crippen molar-refractivity contribution in [2.24, 2.45) is 17.8 Å². The Labute approximate surface area is 85.9 Å². The van der Waals surface area contributed by atoms with Crippen LogP contribution in [0.25, 0.3) is 0 Å². The van der Waals surface area contributed by atoms with Crippen LogP contribution in [0.5, 0.6) is 0 Å². The zero-order valence-corrected chi connectivity index (χ0v) is 8.87. The van der Waals surface area contributed by atoms with Crippen LogP contribution in [0, 0.1) is 29.1 Å². The maximum absolute atomic E-state index is 10.2. The summed E-state index contributed by atoms with van der Waals surface area (Å²) < 4.78 is 0. The van der Waals surface area contributed by atoms with Gasteiger partial charge in [0.2, 0.25) is 0 Å². The summed E-state index contributed by atoms with van der Waals surface area (Å²) in [5, 5.41) is 19.1. The molecule has 1 N–H and O–H groups in total. The van der Waals surface area contributed by atoms with Crippen LogP contribution in [-0.2, 0) is 0 Å². The summed E-state index contributed by atoms with van der Waals surface area (Å²) in [7, 11) is 0. The average Bonchev–Trinajstić information content (AvgIpc) is 2.16. The highest BCUT2D eigenvalue weighted by Gasteiger charge is 2.43. The fraction of sp³-hybridized carbons (Fsp3) is 0.917. The zero-order chi connectivity index (χ0) is 10.2. The molecule has 14 heavy (non-hydrogen) atoms. The molecule has 2 heteroatoms. The van der Waals surface area contributed by atoms with Gasteiger partial charge in [-0.25, -0.2) is 0 Å². The lowest BCUT2D eigenvalue weighted by atomic mass is 9.62. The van der Waals surface area contributed by atoms with E-state index in [4.69, 9.17) is 5.26 Å². The Morgan fingerprint density at radius 3 is 2.86 bits per heavy atom. The predicted octanol–water partition coefficient (Wildman–Crippen LogP) is 2.48. The molecule has 2 aliphatic rings. The SMILES string of the molecule is CC1(O)CCCC2CC(C#N)CCC21. The van der Waals surface area contributed by atoms with E-state index < -0.39 is 5.60 Å². The molecule has 0 aromatic rings. The van der Waals surface area contributed by atoms with Crippen molar-refractivity contribution in [3.63, 3.8) is 0 Å². The number of hydrogen-bond acceptors (Lipinski definition) is 2. The molecule has 0 amide bonds. The molecule has 4 atom stereocenters. The van der Waals surface area contributed by atoms with Crippen LogP contribution in [0.3, 0.4) is 0 Å². The Balaban J connectivity index is 2.08. The van der Waals surface area contributed by atoms with Crippen LogP contribution < -0.4 is 0 Å². The second kappa shape index (κ2) is 3.55. The molecule has 0 aromatic carbocycles. The van der Waals surface area contributed by atoms with Crippen LogP contribution in [0.4, 0.5) is 0 Å². The van der Waals surface area contributed by atoms with Crippen molar-refractivity contribution in [1.82, 2.24) is 0 Å². The Morgan fingerprint density at radius 2 is 2.14 bits per heavy atom. The fourth-order valence-corrected chi connectivity index (χ4v) is 3.43. The summed E-state index contributed by atoms with van der Waals surface area (Å²) >= 11 is 0. The number of fused-ring (bicyclic) bond motifs is 1. The lowest BCUT2D eigenvalue weighted by Crippen LogP contribution is -2.45. The molecule has 0 spiro atoms. The van der Waals surface area contributed by atoms with Crippen LogP contribution >= 0.6 is 0 Å². The largest absolute Gasteiger partial charge is 0.390 e. The summed E-state index contributed by atoms with van der Waals surface area (Å²) in [4.78, 5) is 0. The van der Waals surface area contributed by atoms with Gasteiger partial charge in [0.15, 0.2) is 0 Å². The fourth-order valence-electron chi connectivity index (χ4n) is 3.43. The van der Waals surface area contributed by atoms with Gasteiger partial charge in [-0.1, -0.05) is 6.42 Å². The molecular weight excluding hydrogens is 174 g/mol. The molecule has 0 heterocycles. The molecule has 2 saturated carbocycles. The van der Waals surface area contributed by atoms with Crippen LogP contribution in [-0.4, -0.2) is 10.7 Å². The first kappa shape index (κ1) is 9.98. The van der Waals surface area contributed by atoms with Crippen molar-refractivity contribution < 1.29 is 5.11 Å². The van der Waals surface area contributed by atoms with Crippen LogP contribution in [0.15, 0.2) is 0 Å². The molecule has 2 rings (SSSR count). The summed E-state index contributed by atoms with van der Waals surface area (Å²) in [6, 6.07) is 2.38. The van der Waals surface area contributed by atoms with Gasteiger partial charge < -0.3 is 5.11 Å². The topological polar surface area (TPSA) is 44.0 Å². The van der Waals surface area contributed by atoms with Crippen molar-refractivity contribution in [3.8, 4) is 6.07 Å². The minimum atomic E-state index is -0.455. The summed E-state index contributed by atoms with van der Waals surface area (Å²) in [6.07, 6.45) is 6.37. The molecule has 78 valence electrons. The monoisotopic (exact) mass is 193 g/mol. The summed E-state index contributed by atoms with van der Waals surface area (Å²) in [5.41, 5.74) is -0.455. The quantitative estimate of drug-likeness (QED) is 0.642. The highest BCUT2D eigenvalue weighted by molar-refractivity contribution is 4.98. The van der Waals surface area contributed by atoms with E-state index in [9.17, 15) is 5.11 Å². The van der Waals surface area contributed by atoms with E-state index in [0.29, 0.717) is 11.8 Å². The molecule has 0 aliphatic heterocycles. The van der Waals surface area contributed by atoms with Gasteiger partial charge in [-0.15, -0.1) is 0 Å². The van der Waals surface area contributed by atoms with E-state index in [1.54, 1.807) is 0 Å². The number of hydrogen-bond donors (Lipinski definition) is 1. The number of aliphatic hydroxyl groups is 1. The molecule has 4 unspecified atom stereocenters. The van der Waals surface area contributed by atoms with Gasteiger partial charge in [0.1, 0.15) is 0 Å². The molecule has 0 bridgehead atoms. The third-order valence-electron chi connectivity index (χ3n) is 4.22. The number of nitrogens with zero attached hydrogens (tertiary/aromatic N) is 1. The normalized spacial score (nSPS) is 47.9. The third-order valence-corrected chi connectivity index (χ3v) is 4.22. The van der Waals surface area contributed by atoms with Crippen molar-refractivity contribution in [1.29, 1.82) is 5.26 Å². The van der Waals surface area contributed by atoms with E-state index in [1.807, 2.05) is 6.92 Å².